The van der Waals surface area contributed by atoms with Gasteiger partial charge in [-0.05, 0) is 35.4 Å². The third kappa shape index (κ3) is 4.26. The quantitative estimate of drug-likeness (QED) is 0.381. The van der Waals surface area contributed by atoms with Crippen molar-refractivity contribution in [1.29, 1.82) is 0 Å². The van der Waals surface area contributed by atoms with Crippen molar-refractivity contribution in [3.63, 3.8) is 0 Å². The molecule has 0 saturated carbocycles. The normalized spacial score (nSPS) is 19.9. The molecule has 2 fully saturated rings. The Hall–Kier alpha value is -4.00. The Morgan fingerprint density at radius 3 is 2.26 bits per heavy atom. The van der Waals surface area contributed by atoms with Gasteiger partial charge < -0.3 is 14.8 Å². The van der Waals surface area contributed by atoms with E-state index >= 15 is 0 Å². The number of likely N-dealkylation sites (tertiary alicyclic amines) is 2. The Morgan fingerprint density at radius 2 is 1.58 bits per heavy atom. The van der Waals surface area contributed by atoms with E-state index in [1.807, 2.05) is 91.2 Å². The van der Waals surface area contributed by atoms with Crippen LogP contribution in [0.4, 0.5) is 0 Å². The summed E-state index contributed by atoms with van der Waals surface area (Å²) in [6.45, 7) is 7.05. The van der Waals surface area contributed by atoms with Crippen LogP contribution in [-0.2, 0) is 4.79 Å². The van der Waals surface area contributed by atoms with Crippen LogP contribution in [0.2, 0.25) is 0 Å². The van der Waals surface area contributed by atoms with Crippen LogP contribution in [0.1, 0.15) is 54.6 Å². The van der Waals surface area contributed by atoms with Gasteiger partial charge in [0.25, 0.3) is 5.91 Å². The van der Waals surface area contributed by atoms with E-state index in [-0.39, 0.29) is 41.5 Å². The van der Waals surface area contributed by atoms with Gasteiger partial charge in [-0.2, -0.15) is 0 Å². The molecule has 4 aromatic rings. The number of pyridine rings is 1. The first kappa shape index (κ1) is 24.3. The molecule has 6 rings (SSSR count). The summed E-state index contributed by atoms with van der Waals surface area (Å²) in [5, 5.41) is 2.97. The lowest BCUT2D eigenvalue weighted by Crippen LogP contribution is -2.53. The number of aromatic amines is 1. The summed E-state index contributed by atoms with van der Waals surface area (Å²) >= 11 is 0. The van der Waals surface area contributed by atoms with Gasteiger partial charge in [-0.3, -0.25) is 19.4 Å². The minimum absolute atomic E-state index is 0.00499. The first-order chi connectivity index (χ1) is 18.2. The van der Waals surface area contributed by atoms with Crippen LogP contribution in [0.5, 0.6) is 0 Å². The van der Waals surface area contributed by atoms with Crippen LogP contribution in [-0.4, -0.2) is 62.5 Å². The molecule has 2 aliphatic heterocycles. The number of piperazine rings is 1. The minimum atomic E-state index is -0.452. The molecular weight excluding hydrogens is 476 g/mol. The molecule has 0 unspecified atom stereocenters. The number of rotatable bonds is 5. The zero-order valence-electron chi connectivity index (χ0n) is 22.0. The second-order valence-electron chi connectivity index (χ2n) is 11.7. The Balaban J connectivity index is 1.16. The number of hydrogen-bond donors (Lipinski definition) is 1. The van der Waals surface area contributed by atoms with Crippen LogP contribution >= 0.6 is 0 Å². The summed E-state index contributed by atoms with van der Waals surface area (Å²) in [5.74, 6) is -0.591. The summed E-state index contributed by atoms with van der Waals surface area (Å²) in [7, 11) is 0. The van der Waals surface area contributed by atoms with E-state index in [0.717, 1.165) is 28.1 Å². The number of amides is 2. The van der Waals surface area contributed by atoms with E-state index in [9.17, 15) is 14.4 Å². The van der Waals surface area contributed by atoms with Crippen molar-refractivity contribution in [2.75, 3.05) is 13.1 Å². The molecule has 3 atom stereocenters. The number of Topliss-reactive ketones (excluding diaryl/α,β-unsaturated/α-hetero) is 1. The molecular formula is C31H32N4O3. The van der Waals surface area contributed by atoms with Crippen molar-refractivity contribution in [3.8, 4) is 0 Å². The summed E-state index contributed by atoms with van der Waals surface area (Å²) in [4.78, 5) is 51.9. The van der Waals surface area contributed by atoms with Crippen molar-refractivity contribution in [2.45, 2.75) is 45.7 Å². The predicted octanol–water partition coefficient (Wildman–Crippen LogP) is 5.08. The van der Waals surface area contributed by atoms with Gasteiger partial charge >= 0.3 is 0 Å². The van der Waals surface area contributed by atoms with Crippen LogP contribution < -0.4 is 0 Å². The first-order valence-corrected chi connectivity index (χ1v) is 13.3. The molecule has 2 aromatic carbocycles. The smallest absolute Gasteiger partial charge is 0.272 e. The van der Waals surface area contributed by atoms with Crippen molar-refractivity contribution >= 4 is 39.3 Å². The van der Waals surface area contributed by atoms with E-state index in [0.29, 0.717) is 24.5 Å². The third-order valence-electron chi connectivity index (χ3n) is 8.20. The highest BCUT2D eigenvalue weighted by Gasteiger charge is 2.50. The second kappa shape index (κ2) is 9.08. The fraction of sp³-hybridized carbons (Fsp3) is 0.355. The standard InChI is InChI=1S/C31H32N4O3/c1-31(2,3)24(15-28(36)26-13-20-9-6-7-11-25(20)33-26)29(37)34-17-23-14-22(34)18-35(23)30(38)27-12-19-8-4-5-10-21(19)16-32-27/h4-13,16,22-24,33H,14-15,17-18H2,1-3H3/t22-,23-,24+/m0/s1. The third-order valence-corrected chi connectivity index (χ3v) is 8.20. The number of para-hydroxylation sites is 1. The highest BCUT2D eigenvalue weighted by molar-refractivity contribution is 6.01. The monoisotopic (exact) mass is 508 g/mol. The zero-order valence-corrected chi connectivity index (χ0v) is 22.0. The molecule has 2 bridgehead atoms. The molecule has 2 aliphatic rings. The summed E-state index contributed by atoms with van der Waals surface area (Å²) in [6.07, 6.45) is 2.65. The van der Waals surface area contributed by atoms with Crippen LogP contribution in [0.15, 0.2) is 66.9 Å². The number of nitrogens with zero attached hydrogens (tertiary/aromatic N) is 3. The largest absolute Gasteiger partial charge is 0.352 e. The Morgan fingerprint density at radius 1 is 0.921 bits per heavy atom. The number of carbonyl (C=O) groups is 3. The number of benzene rings is 2. The second-order valence-corrected chi connectivity index (χ2v) is 11.7. The van der Waals surface area contributed by atoms with E-state index < -0.39 is 5.92 Å². The number of hydrogen-bond acceptors (Lipinski definition) is 4. The van der Waals surface area contributed by atoms with Crippen molar-refractivity contribution < 1.29 is 14.4 Å². The van der Waals surface area contributed by atoms with E-state index in [2.05, 4.69) is 9.97 Å². The van der Waals surface area contributed by atoms with E-state index in [1.54, 1.807) is 6.20 Å². The summed E-state index contributed by atoms with van der Waals surface area (Å²) in [6, 6.07) is 19.3. The molecule has 4 heterocycles. The van der Waals surface area contributed by atoms with Gasteiger partial charge in [-0.1, -0.05) is 63.2 Å². The highest BCUT2D eigenvalue weighted by Crippen LogP contribution is 2.38. The number of aromatic nitrogens is 2. The number of carbonyl (C=O) groups excluding carboxylic acids is 3. The molecule has 194 valence electrons. The molecule has 0 radical (unpaired) electrons. The molecule has 0 aliphatic carbocycles. The van der Waals surface area contributed by atoms with E-state index in [1.165, 1.54) is 0 Å². The average molecular weight is 509 g/mol. The Kier molecular flexibility index (Phi) is 5.82. The average Bonchev–Trinajstić information content (AvgIpc) is 3.64. The Bertz CT molecular complexity index is 1530. The molecule has 1 N–H and O–H groups in total. The van der Waals surface area contributed by atoms with Gasteiger partial charge in [0.1, 0.15) is 5.69 Å². The zero-order chi connectivity index (χ0) is 26.6. The SMILES string of the molecule is CC(C)(C)[C@H](CC(=O)c1cc2ccccc2[nH]1)C(=O)N1C[C@@H]2C[C@H]1CN2C(=O)c1cc2ccccc2cn1. The number of ketones is 1. The summed E-state index contributed by atoms with van der Waals surface area (Å²) in [5.41, 5.74) is 1.50. The number of fused-ring (bicyclic) bond motifs is 4. The maximum Gasteiger partial charge on any atom is 0.272 e. The maximum absolute atomic E-state index is 13.9. The lowest BCUT2D eigenvalue weighted by atomic mass is 9.76. The highest BCUT2D eigenvalue weighted by atomic mass is 16.2. The lowest BCUT2D eigenvalue weighted by molar-refractivity contribution is -0.141. The fourth-order valence-electron chi connectivity index (χ4n) is 6.02. The van der Waals surface area contributed by atoms with E-state index in [4.69, 9.17) is 0 Å². The fourth-order valence-corrected chi connectivity index (χ4v) is 6.02. The van der Waals surface area contributed by atoms with Gasteiger partial charge in [0.15, 0.2) is 5.78 Å². The van der Waals surface area contributed by atoms with Crippen molar-refractivity contribution in [2.24, 2.45) is 11.3 Å². The first-order valence-electron chi connectivity index (χ1n) is 13.3. The molecule has 0 spiro atoms. The lowest BCUT2D eigenvalue weighted by Gasteiger charge is -2.39. The number of H-pyrrole nitrogens is 1. The maximum atomic E-state index is 13.9. The van der Waals surface area contributed by atoms with Gasteiger partial charge in [-0.25, -0.2) is 0 Å². The molecule has 2 amide bonds. The molecule has 2 aromatic heterocycles. The van der Waals surface area contributed by atoms with Gasteiger partial charge in [0.05, 0.1) is 23.7 Å². The topological polar surface area (TPSA) is 86.4 Å². The predicted molar refractivity (Wildman–Crippen MR) is 147 cm³/mol. The number of nitrogens with one attached hydrogen (secondary N) is 1. The summed E-state index contributed by atoms with van der Waals surface area (Å²) < 4.78 is 0. The molecule has 38 heavy (non-hydrogen) atoms. The van der Waals surface area contributed by atoms with Gasteiger partial charge in [0.2, 0.25) is 5.91 Å². The molecule has 7 heteroatoms. The molecule has 2 saturated heterocycles. The van der Waals surface area contributed by atoms with Gasteiger partial charge in [0, 0.05) is 42.0 Å². The van der Waals surface area contributed by atoms with Crippen molar-refractivity contribution in [3.05, 3.63) is 78.2 Å². The van der Waals surface area contributed by atoms with Crippen LogP contribution in [0.3, 0.4) is 0 Å². The van der Waals surface area contributed by atoms with Crippen LogP contribution in [0.25, 0.3) is 21.7 Å². The van der Waals surface area contributed by atoms with Gasteiger partial charge in [-0.15, -0.1) is 0 Å². The van der Waals surface area contributed by atoms with Crippen LogP contribution in [0, 0.1) is 11.3 Å². The Labute approximate surface area is 221 Å². The van der Waals surface area contributed by atoms with Crippen molar-refractivity contribution in [1.82, 2.24) is 19.8 Å². The minimum Gasteiger partial charge on any atom is -0.352 e. The molecule has 7 nitrogen and oxygen atoms in total.